The number of nitrogen functional groups attached to an aromatic ring is 1. The van der Waals surface area contributed by atoms with E-state index in [2.05, 4.69) is 13.8 Å². The van der Waals surface area contributed by atoms with Crippen molar-refractivity contribution in [2.75, 3.05) is 12.8 Å². The first kappa shape index (κ1) is 14.9. The molecule has 1 amide bonds. The van der Waals surface area contributed by atoms with E-state index in [0.717, 1.165) is 18.4 Å². The maximum atomic E-state index is 12.6. The van der Waals surface area contributed by atoms with Crippen LogP contribution >= 0.6 is 0 Å². The fourth-order valence-electron chi connectivity index (χ4n) is 2.99. The molecule has 1 aromatic carbocycles. The Morgan fingerprint density at radius 2 is 1.90 bits per heavy atom. The van der Waals surface area contributed by atoms with Gasteiger partial charge in [-0.15, -0.1) is 0 Å². The third kappa shape index (κ3) is 2.97. The molecule has 0 spiro atoms. The van der Waals surface area contributed by atoms with E-state index in [1.807, 2.05) is 37.1 Å². The van der Waals surface area contributed by atoms with Crippen molar-refractivity contribution in [1.82, 2.24) is 4.90 Å². The number of para-hydroxylation sites is 1. The molecule has 0 aliphatic heterocycles. The van der Waals surface area contributed by atoms with E-state index >= 15 is 0 Å². The third-order valence-electron chi connectivity index (χ3n) is 4.73. The molecule has 0 bridgehead atoms. The van der Waals surface area contributed by atoms with Gasteiger partial charge in [-0.05, 0) is 49.7 Å². The van der Waals surface area contributed by atoms with Crippen LogP contribution in [0.4, 0.5) is 5.69 Å². The highest BCUT2D eigenvalue weighted by molar-refractivity contribution is 5.99. The van der Waals surface area contributed by atoms with Gasteiger partial charge < -0.3 is 10.6 Å². The van der Waals surface area contributed by atoms with Crippen LogP contribution in [0.5, 0.6) is 0 Å². The summed E-state index contributed by atoms with van der Waals surface area (Å²) in [7, 11) is 1.91. The molecule has 0 saturated heterocycles. The normalized spacial score (nSPS) is 18.8. The first-order chi connectivity index (χ1) is 9.32. The van der Waals surface area contributed by atoms with Crippen molar-refractivity contribution >= 4 is 11.6 Å². The number of hydrogen-bond donors (Lipinski definition) is 1. The lowest BCUT2D eigenvalue weighted by atomic mass is 9.75. The highest BCUT2D eigenvalue weighted by atomic mass is 16.2. The Bertz CT molecular complexity index is 498. The smallest absolute Gasteiger partial charge is 0.255 e. The molecule has 1 aliphatic rings. The largest absolute Gasteiger partial charge is 0.398 e. The second-order valence-corrected chi connectivity index (χ2v) is 6.85. The maximum Gasteiger partial charge on any atom is 0.255 e. The second kappa shape index (κ2) is 5.47. The van der Waals surface area contributed by atoms with E-state index in [0.29, 0.717) is 22.7 Å². The van der Waals surface area contributed by atoms with Gasteiger partial charge in [-0.2, -0.15) is 0 Å². The van der Waals surface area contributed by atoms with E-state index in [-0.39, 0.29) is 5.91 Å². The second-order valence-electron chi connectivity index (χ2n) is 6.85. The number of carbonyl (C=O) groups is 1. The number of nitrogens with two attached hydrogens (primary N) is 1. The lowest BCUT2D eigenvalue weighted by Crippen LogP contribution is -2.41. The van der Waals surface area contributed by atoms with Crippen molar-refractivity contribution in [1.29, 1.82) is 0 Å². The molecule has 0 heterocycles. The van der Waals surface area contributed by atoms with Crippen molar-refractivity contribution in [3.05, 3.63) is 29.3 Å². The van der Waals surface area contributed by atoms with Gasteiger partial charge in [0.2, 0.25) is 0 Å². The van der Waals surface area contributed by atoms with Gasteiger partial charge in [0.05, 0.1) is 5.56 Å². The van der Waals surface area contributed by atoms with Crippen LogP contribution in [-0.2, 0) is 0 Å². The summed E-state index contributed by atoms with van der Waals surface area (Å²) in [5.74, 6) is 0.0518. The van der Waals surface area contributed by atoms with Gasteiger partial charge in [0.25, 0.3) is 5.91 Å². The molecule has 3 heteroatoms. The van der Waals surface area contributed by atoms with Crippen LogP contribution in [0.3, 0.4) is 0 Å². The van der Waals surface area contributed by atoms with E-state index < -0.39 is 0 Å². The van der Waals surface area contributed by atoms with Gasteiger partial charge in [-0.3, -0.25) is 4.79 Å². The molecule has 20 heavy (non-hydrogen) atoms. The highest BCUT2D eigenvalue weighted by Crippen LogP contribution is 2.37. The molecule has 0 unspecified atom stereocenters. The molecule has 0 radical (unpaired) electrons. The van der Waals surface area contributed by atoms with Gasteiger partial charge >= 0.3 is 0 Å². The number of hydrogen-bond acceptors (Lipinski definition) is 2. The molecule has 110 valence electrons. The summed E-state index contributed by atoms with van der Waals surface area (Å²) >= 11 is 0. The highest BCUT2D eigenvalue weighted by Gasteiger charge is 2.31. The third-order valence-corrected chi connectivity index (χ3v) is 4.73. The summed E-state index contributed by atoms with van der Waals surface area (Å²) < 4.78 is 0. The molecular weight excluding hydrogens is 248 g/mol. The summed E-state index contributed by atoms with van der Waals surface area (Å²) in [6.07, 6.45) is 4.53. The number of anilines is 1. The molecule has 1 aliphatic carbocycles. The van der Waals surface area contributed by atoms with Crippen molar-refractivity contribution < 1.29 is 4.79 Å². The van der Waals surface area contributed by atoms with Gasteiger partial charge in [-0.25, -0.2) is 0 Å². The number of benzene rings is 1. The van der Waals surface area contributed by atoms with Crippen molar-refractivity contribution in [3.8, 4) is 0 Å². The zero-order chi connectivity index (χ0) is 14.9. The van der Waals surface area contributed by atoms with E-state index in [1.165, 1.54) is 12.8 Å². The van der Waals surface area contributed by atoms with Gasteiger partial charge in [-0.1, -0.05) is 26.0 Å². The van der Waals surface area contributed by atoms with Crippen LogP contribution in [0.2, 0.25) is 0 Å². The standard InChI is InChI=1S/C17H26N2O/c1-12-6-5-7-14(15(12)18)16(20)19(4)13-8-10-17(2,3)11-9-13/h5-7,13H,8-11,18H2,1-4H3. The summed E-state index contributed by atoms with van der Waals surface area (Å²) in [5, 5.41) is 0. The van der Waals surface area contributed by atoms with Crippen molar-refractivity contribution in [2.45, 2.75) is 52.5 Å². The quantitative estimate of drug-likeness (QED) is 0.837. The minimum atomic E-state index is 0.0518. The van der Waals surface area contributed by atoms with Crippen molar-refractivity contribution in [3.63, 3.8) is 0 Å². The Labute approximate surface area is 122 Å². The fraction of sp³-hybridized carbons (Fsp3) is 0.588. The summed E-state index contributed by atoms with van der Waals surface area (Å²) in [4.78, 5) is 14.5. The predicted octanol–water partition coefficient (Wildman–Crippen LogP) is 3.62. The molecule has 3 nitrogen and oxygen atoms in total. The van der Waals surface area contributed by atoms with Gasteiger partial charge in [0.15, 0.2) is 0 Å². The Kier molecular flexibility index (Phi) is 4.07. The first-order valence-electron chi connectivity index (χ1n) is 7.44. The first-order valence-corrected chi connectivity index (χ1v) is 7.44. The maximum absolute atomic E-state index is 12.6. The minimum Gasteiger partial charge on any atom is -0.398 e. The Morgan fingerprint density at radius 3 is 2.50 bits per heavy atom. The number of nitrogens with zero attached hydrogens (tertiary/aromatic N) is 1. The molecule has 1 aromatic rings. The van der Waals surface area contributed by atoms with Crippen molar-refractivity contribution in [2.24, 2.45) is 5.41 Å². The van der Waals surface area contributed by atoms with Crippen LogP contribution in [-0.4, -0.2) is 23.9 Å². The summed E-state index contributed by atoms with van der Waals surface area (Å²) in [6.45, 7) is 6.56. The van der Waals surface area contributed by atoms with Crippen LogP contribution < -0.4 is 5.73 Å². The summed E-state index contributed by atoms with van der Waals surface area (Å²) in [5.41, 5.74) is 8.68. The lowest BCUT2D eigenvalue weighted by Gasteiger charge is -2.38. The van der Waals surface area contributed by atoms with Crippen LogP contribution in [0.15, 0.2) is 18.2 Å². The molecular formula is C17H26N2O. The number of carbonyl (C=O) groups excluding carboxylic acids is 1. The zero-order valence-corrected chi connectivity index (χ0v) is 13.1. The molecule has 2 rings (SSSR count). The predicted molar refractivity (Wildman–Crippen MR) is 83.7 cm³/mol. The molecule has 1 fully saturated rings. The Morgan fingerprint density at radius 1 is 1.30 bits per heavy atom. The number of amides is 1. The molecule has 2 N–H and O–H groups in total. The Hall–Kier alpha value is -1.51. The molecule has 0 atom stereocenters. The van der Waals surface area contributed by atoms with E-state index in [9.17, 15) is 4.79 Å². The lowest BCUT2D eigenvalue weighted by molar-refractivity contribution is 0.0636. The van der Waals surface area contributed by atoms with E-state index in [1.54, 1.807) is 0 Å². The van der Waals surface area contributed by atoms with Gasteiger partial charge in [0, 0.05) is 18.8 Å². The van der Waals surface area contributed by atoms with E-state index in [4.69, 9.17) is 5.73 Å². The minimum absolute atomic E-state index is 0.0518. The molecule has 1 saturated carbocycles. The van der Waals surface area contributed by atoms with Crippen LogP contribution in [0.25, 0.3) is 0 Å². The monoisotopic (exact) mass is 274 g/mol. The average Bonchev–Trinajstić information content (AvgIpc) is 2.40. The molecule has 0 aromatic heterocycles. The topological polar surface area (TPSA) is 46.3 Å². The Balaban J connectivity index is 2.11. The fourth-order valence-corrected chi connectivity index (χ4v) is 2.99. The number of rotatable bonds is 2. The SMILES string of the molecule is Cc1cccc(C(=O)N(C)C2CCC(C)(C)CC2)c1N. The van der Waals surface area contributed by atoms with Crippen LogP contribution in [0, 0.1) is 12.3 Å². The van der Waals surface area contributed by atoms with Crippen LogP contribution in [0.1, 0.15) is 55.5 Å². The number of aryl methyl sites for hydroxylation is 1. The summed E-state index contributed by atoms with van der Waals surface area (Å²) in [6, 6.07) is 6.01. The zero-order valence-electron chi connectivity index (χ0n) is 13.1. The van der Waals surface area contributed by atoms with Gasteiger partial charge in [0.1, 0.15) is 0 Å². The average molecular weight is 274 g/mol.